The highest BCUT2D eigenvalue weighted by Crippen LogP contribution is 2.33. The highest BCUT2D eigenvalue weighted by atomic mass is 32.2. The molecule has 8 heteroatoms. The number of nitrogens with one attached hydrogen (secondary N) is 2. The summed E-state index contributed by atoms with van der Waals surface area (Å²) in [6.45, 7) is 3.35. The van der Waals surface area contributed by atoms with E-state index in [1.807, 2.05) is 12.1 Å². The van der Waals surface area contributed by atoms with E-state index < -0.39 is 10.0 Å². The van der Waals surface area contributed by atoms with Crippen molar-refractivity contribution in [3.05, 3.63) is 54.3 Å². The molecule has 0 saturated carbocycles. The number of hydrogen-bond donors (Lipinski definition) is 2. The van der Waals surface area contributed by atoms with Crippen LogP contribution in [0.4, 0.5) is 11.4 Å². The van der Waals surface area contributed by atoms with Crippen molar-refractivity contribution >= 4 is 32.4 Å². The molecule has 27 heavy (non-hydrogen) atoms. The molecule has 1 aliphatic heterocycles. The maximum Gasteiger partial charge on any atom is 0.261 e. The summed E-state index contributed by atoms with van der Waals surface area (Å²) in [5.74, 6) is 0. The molecule has 1 saturated heterocycles. The Bertz CT molecular complexity index is 1130. The molecule has 1 fully saturated rings. The Morgan fingerprint density at radius 2 is 1.96 bits per heavy atom. The van der Waals surface area contributed by atoms with Crippen LogP contribution in [0, 0.1) is 11.3 Å². The Balaban J connectivity index is 1.72. The van der Waals surface area contributed by atoms with E-state index in [1.54, 1.807) is 30.5 Å². The van der Waals surface area contributed by atoms with E-state index in [9.17, 15) is 8.42 Å². The standard InChI is InChI=1S/C19H18N4O3S/c20-13-14-2-1-3-17(10-14)27(24,25)22-16-11-15-4-9-26-19(15)18(12-16)23-7-5-21-6-8-23/h1-4,9-12,21-22H,5-8H2. The van der Waals surface area contributed by atoms with Crippen LogP contribution in [0.15, 0.2) is 58.0 Å². The monoisotopic (exact) mass is 382 g/mol. The van der Waals surface area contributed by atoms with Gasteiger partial charge in [-0.25, -0.2) is 8.42 Å². The van der Waals surface area contributed by atoms with Crippen LogP contribution >= 0.6 is 0 Å². The summed E-state index contributed by atoms with van der Waals surface area (Å²) in [6.07, 6.45) is 1.60. The molecular formula is C19H18N4O3S. The summed E-state index contributed by atoms with van der Waals surface area (Å²) >= 11 is 0. The van der Waals surface area contributed by atoms with Crippen LogP contribution < -0.4 is 14.9 Å². The van der Waals surface area contributed by atoms with E-state index in [4.69, 9.17) is 9.68 Å². The largest absolute Gasteiger partial charge is 0.462 e. The number of benzene rings is 2. The van der Waals surface area contributed by atoms with E-state index in [0.717, 1.165) is 42.8 Å². The molecule has 0 aliphatic carbocycles. The average molecular weight is 382 g/mol. The molecule has 0 spiro atoms. The predicted molar refractivity (Wildman–Crippen MR) is 103 cm³/mol. The van der Waals surface area contributed by atoms with Crippen molar-refractivity contribution in [2.45, 2.75) is 4.90 Å². The van der Waals surface area contributed by atoms with Gasteiger partial charge in [0.25, 0.3) is 10.0 Å². The summed E-state index contributed by atoms with van der Waals surface area (Å²) < 4.78 is 33.8. The minimum atomic E-state index is -3.81. The van der Waals surface area contributed by atoms with Crippen molar-refractivity contribution in [3.8, 4) is 6.07 Å². The van der Waals surface area contributed by atoms with E-state index in [0.29, 0.717) is 11.3 Å². The smallest absolute Gasteiger partial charge is 0.261 e. The topological polar surface area (TPSA) is 98.4 Å². The highest BCUT2D eigenvalue weighted by Gasteiger charge is 2.20. The van der Waals surface area contributed by atoms with Gasteiger partial charge in [0.2, 0.25) is 0 Å². The van der Waals surface area contributed by atoms with E-state index in [2.05, 4.69) is 14.9 Å². The van der Waals surface area contributed by atoms with Gasteiger partial charge < -0.3 is 14.6 Å². The fourth-order valence-corrected chi connectivity index (χ4v) is 4.30. The van der Waals surface area contributed by atoms with Crippen LogP contribution in [0.3, 0.4) is 0 Å². The van der Waals surface area contributed by atoms with E-state index in [-0.39, 0.29) is 4.90 Å². The Hall–Kier alpha value is -3.02. The molecule has 4 rings (SSSR count). The summed E-state index contributed by atoms with van der Waals surface area (Å²) in [6, 6.07) is 13.3. The first-order valence-corrected chi connectivity index (χ1v) is 10.0. The molecule has 2 N–H and O–H groups in total. The molecule has 3 aromatic rings. The highest BCUT2D eigenvalue weighted by molar-refractivity contribution is 7.92. The summed E-state index contributed by atoms with van der Waals surface area (Å²) in [4.78, 5) is 2.23. The van der Waals surface area contributed by atoms with Gasteiger partial charge in [-0.3, -0.25) is 4.72 Å². The van der Waals surface area contributed by atoms with Crippen molar-refractivity contribution in [1.82, 2.24) is 5.32 Å². The molecule has 1 aliphatic rings. The third-order valence-electron chi connectivity index (χ3n) is 4.51. The number of anilines is 2. The lowest BCUT2D eigenvalue weighted by Crippen LogP contribution is -2.43. The number of rotatable bonds is 4. The zero-order chi connectivity index (χ0) is 18.9. The van der Waals surface area contributed by atoms with Gasteiger partial charge in [0.15, 0.2) is 5.58 Å². The lowest BCUT2D eigenvalue weighted by molar-refractivity contribution is 0.579. The average Bonchev–Trinajstić information content (AvgIpc) is 3.16. The molecule has 2 heterocycles. The summed E-state index contributed by atoms with van der Waals surface area (Å²) in [5.41, 5.74) is 2.36. The SMILES string of the molecule is N#Cc1cccc(S(=O)(=O)Nc2cc(N3CCNCC3)c3occc3c2)c1. The summed E-state index contributed by atoms with van der Waals surface area (Å²) in [5, 5.41) is 13.1. The maximum absolute atomic E-state index is 12.8. The molecule has 0 radical (unpaired) electrons. The lowest BCUT2D eigenvalue weighted by atomic mass is 10.2. The number of nitrogens with zero attached hydrogens (tertiary/aromatic N) is 2. The number of hydrogen-bond acceptors (Lipinski definition) is 6. The van der Waals surface area contributed by atoms with Crippen molar-refractivity contribution in [2.24, 2.45) is 0 Å². The Kier molecular flexibility index (Phi) is 4.48. The fraction of sp³-hybridized carbons (Fsp3) is 0.211. The maximum atomic E-state index is 12.8. The van der Waals surface area contributed by atoms with Crippen LogP contribution in [0.2, 0.25) is 0 Å². The summed E-state index contributed by atoms with van der Waals surface area (Å²) in [7, 11) is -3.81. The van der Waals surface area contributed by atoms with Gasteiger partial charge in [-0.1, -0.05) is 6.07 Å². The van der Waals surface area contributed by atoms with Crippen LogP contribution in [0.5, 0.6) is 0 Å². The number of sulfonamides is 1. The molecular weight excluding hydrogens is 364 g/mol. The van der Waals surface area contributed by atoms with Gasteiger partial charge in [-0.2, -0.15) is 5.26 Å². The fourth-order valence-electron chi connectivity index (χ4n) is 3.21. The van der Waals surface area contributed by atoms with Crippen molar-refractivity contribution < 1.29 is 12.8 Å². The van der Waals surface area contributed by atoms with Gasteiger partial charge in [0, 0.05) is 31.6 Å². The number of furan rings is 1. The minimum absolute atomic E-state index is 0.0533. The minimum Gasteiger partial charge on any atom is -0.462 e. The molecule has 138 valence electrons. The number of piperazine rings is 1. The zero-order valence-corrected chi connectivity index (χ0v) is 15.3. The number of nitriles is 1. The normalized spacial score (nSPS) is 14.9. The van der Waals surface area contributed by atoms with Gasteiger partial charge in [-0.05, 0) is 36.4 Å². The van der Waals surface area contributed by atoms with Crippen molar-refractivity contribution in [2.75, 3.05) is 35.8 Å². The van der Waals surface area contributed by atoms with Gasteiger partial charge in [0.1, 0.15) is 0 Å². The van der Waals surface area contributed by atoms with E-state index >= 15 is 0 Å². The third kappa shape index (κ3) is 3.47. The first kappa shape index (κ1) is 17.4. The Labute approximate surface area is 157 Å². The van der Waals surface area contributed by atoms with Gasteiger partial charge >= 0.3 is 0 Å². The zero-order valence-electron chi connectivity index (χ0n) is 14.5. The van der Waals surface area contributed by atoms with Crippen LogP contribution in [0.1, 0.15) is 5.56 Å². The molecule has 2 aromatic carbocycles. The third-order valence-corrected chi connectivity index (χ3v) is 5.89. The van der Waals surface area contributed by atoms with E-state index in [1.165, 1.54) is 12.1 Å². The Morgan fingerprint density at radius 1 is 1.15 bits per heavy atom. The molecule has 0 unspecified atom stereocenters. The molecule has 0 atom stereocenters. The van der Waals surface area contributed by atoms with Crippen LogP contribution in [-0.4, -0.2) is 34.6 Å². The van der Waals surface area contributed by atoms with Crippen molar-refractivity contribution in [3.63, 3.8) is 0 Å². The second-order valence-electron chi connectivity index (χ2n) is 6.32. The molecule has 0 amide bonds. The van der Waals surface area contributed by atoms with Crippen LogP contribution in [-0.2, 0) is 10.0 Å². The van der Waals surface area contributed by atoms with Gasteiger partial charge in [0.05, 0.1) is 34.2 Å². The second kappa shape index (κ2) is 6.95. The molecule has 1 aromatic heterocycles. The Morgan fingerprint density at radius 3 is 2.74 bits per heavy atom. The quantitative estimate of drug-likeness (QED) is 0.719. The van der Waals surface area contributed by atoms with Gasteiger partial charge in [-0.15, -0.1) is 0 Å². The van der Waals surface area contributed by atoms with Crippen LogP contribution in [0.25, 0.3) is 11.0 Å². The molecule has 0 bridgehead atoms. The first-order chi connectivity index (χ1) is 13.1. The lowest BCUT2D eigenvalue weighted by Gasteiger charge is -2.29. The van der Waals surface area contributed by atoms with Crippen molar-refractivity contribution in [1.29, 1.82) is 5.26 Å². The second-order valence-corrected chi connectivity index (χ2v) is 8.00. The number of fused-ring (bicyclic) bond motifs is 1. The first-order valence-electron chi connectivity index (χ1n) is 8.57. The molecule has 7 nitrogen and oxygen atoms in total. The predicted octanol–water partition coefficient (Wildman–Crippen LogP) is 2.51.